The summed E-state index contributed by atoms with van der Waals surface area (Å²) in [6, 6.07) is 8.12. The number of Topliss-reactive ketones (excluding diaryl/α,β-unsaturated/α-hetero) is 1. The van der Waals surface area contributed by atoms with E-state index < -0.39 is 5.97 Å². The molecule has 0 aromatic heterocycles. The first-order chi connectivity index (χ1) is 11.4. The van der Waals surface area contributed by atoms with Crippen LogP contribution in [0, 0.1) is 6.92 Å². The van der Waals surface area contributed by atoms with Gasteiger partial charge < -0.3 is 9.47 Å². The van der Waals surface area contributed by atoms with Crippen LogP contribution in [0.2, 0.25) is 10.0 Å². The molecule has 2 aromatic carbocycles. The van der Waals surface area contributed by atoms with Gasteiger partial charge in [-0.05, 0) is 42.8 Å². The van der Waals surface area contributed by atoms with Crippen LogP contribution in [0.1, 0.15) is 28.4 Å². The van der Waals surface area contributed by atoms with Crippen LogP contribution in [0.25, 0.3) is 6.08 Å². The highest BCUT2D eigenvalue weighted by Gasteiger charge is 2.30. The summed E-state index contributed by atoms with van der Waals surface area (Å²) in [5.74, 6) is 0.201. The second-order valence-corrected chi connectivity index (χ2v) is 6.11. The van der Waals surface area contributed by atoms with Gasteiger partial charge in [-0.1, -0.05) is 29.3 Å². The summed E-state index contributed by atoms with van der Waals surface area (Å²) in [6.45, 7) is 3.04. The van der Waals surface area contributed by atoms with Crippen molar-refractivity contribution in [3.63, 3.8) is 0 Å². The Balaban J connectivity index is 2.00. The fraction of sp³-hybridized carbons (Fsp3) is 0.111. The molecular formula is C18H12Cl2O4. The van der Waals surface area contributed by atoms with Gasteiger partial charge in [0.25, 0.3) is 0 Å². The molecule has 1 aliphatic heterocycles. The van der Waals surface area contributed by atoms with Gasteiger partial charge in [0.1, 0.15) is 11.5 Å². The Labute approximate surface area is 148 Å². The zero-order valence-corrected chi connectivity index (χ0v) is 14.4. The Kier molecular flexibility index (Phi) is 4.35. The molecule has 0 fully saturated rings. The van der Waals surface area contributed by atoms with Crippen molar-refractivity contribution in [2.75, 3.05) is 0 Å². The number of ketones is 1. The molecule has 1 aliphatic rings. The summed E-state index contributed by atoms with van der Waals surface area (Å²) in [5.41, 5.74) is 1.62. The van der Waals surface area contributed by atoms with Crippen molar-refractivity contribution in [2.45, 2.75) is 13.8 Å². The first kappa shape index (κ1) is 16.6. The van der Waals surface area contributed by atoms with Crippen molar-refractivity contribution in [1.29, 1.82) is 0 Å². The van der Waals surface area contributed by atoms with E-state index in [0.717, 1.165) is 0 Å². The number of fused-ring (bicyclic) bond motifs is 1. The highest BCUT2D eigenvalue weighted by molar-refractivity contribution is 6.35. The van der Waals surface area contributed by atoms with E-state index in [1.165, 1.54) is 6.92 Å². The minimum atomic E-state index is -0.439. The molecule has 0 radical (unpaired) electrons. The average molecular weight is 363 g/mol. The van der Waals surface area contributed by atoms with E-state index in [2.05, 4.69) is 0 Å². The predicted octanol–water partition coefficient (Wildman–Crippen LogP) is 4.84. The summed E-state index contributed by atoms with van der Waals surface area (Å²) >= 11 is 12.0. The van der Waals surface area contributed by atoms with E-state index in [1.807, 2.05) is 0 Å². The fourth-order valence-electron chi connectivity index (χ4n) is 2.39. The zero-order valence-electron chi connectivity index (χ0n) is 12.9. The average Bonchev–Trinajstić information content (AvgIpc) is 2.82. The maximum absolute atomic E-state index is 12.5. The first-order valence-electron chi connectivity index (χ1n) is 7.08. The smallest absolute Gasteiger partial charge is 0.308 e. The third-order valence-electron chi connectivity index (χ3n) is 3.54. The van der Waals surface area contributed by atoms with Crippen molar-refractivity contribution < 1.29 is 19.1 Å². The fourth-order valence-corrected chi connectivity index (χ4v) is 2.86. The summed E-state index contributed by atoms with van der Waals surface area (Å²) < 4.78 is 10.8. The topological polar surface area (TPSA) is 52.6 Å². The van der Waals surface area contributed by atoms with Crippen LogP contribution in [0.15, 0.2) is 36.1 Å². The second-order valence-electron chi connectivity index (χ2n) is 5.26. The van der Waals surface area contributed by atoms with Crippen molar-refractivity contribution >= 4 is 41.0 Å². The van der Waals surface area contributed by atoms with Crippen LogP contribution in [-0.4, -0.2) is 11.8 Å². The van der Waals surface area contributed by atoms with Gasteiger partial charge >= 0.3 is 5.97 Å². The van der Waals surface area contributed by atoms with Crippen LogP contribution in [0.3, 0.4) is 0 Å². The van der Waals surface area contributed by atoms with Gasteiger partial charge in [0.15, 0.2) is 5.76 Å². The molecule has 0 atom stereocenters. The lowest BCUT2D eigenvalue weighted by Gasteiger charge is -2.08. The van der Waals surface area contributed by atoms with Gasteiger partial charge in [0.2, 0.25) is 5.78 Å². The molecule has 0 unspecified atom stereocenters. The minimum absolute atomic E-state index is 0.150. The Hall–Kier alpha value is -2.30. The van der Waals surface area contributed by atoms with Crippen molar-refractivity contribution in [2.24, 2.45) is 0 Å². The van der Waals surface area contributed by atoms with E-state index in [4.69, 9.17) is 32.7 Å². The number of carbonyl (C=O) groups is 2. The lowest BCUT2D eigenvalue weighted by molar-refractivity contribution is -0.131. The Bertz CT molecular complexity index is 900. The zero-order chi connectivity index (χ0) is 17.4. The number of esters is 1. The van der Waals surface area contributed by atoms with E-state index in [0.29, 0.717) is 38.2 Å². The monoisotopic (exact) mass is 362 g/mol. The molecule has 4 nitrogen and oxygen atoms in total. The summed E-state index contributed by atoms with van der Waals surface area (Å²) in [5, 5.41) is 0.922. The molecule has 1 heterocycles. The molecule has 122 valence electrons. The van der Waals surface area contributed by atoms with Crippen LogP contribution < -0.4 is 9.47 Å². The summed E-state index contributed by atoms with van der Waals surface area (Å²) in [4.78, 5) is 23.6. The highest BCUT2D eigenvalue weighted by atomic mass is 35.5. The first-order valence-corrected chi connectivity index (χ1v) is 7.83. The molecule has 24 heavy (non-hydrogen) atoms. The van der Waals surface area contributed by atoms with Crippen LogP contribution in [0.5, 0.6) is 11.5 Å². The van der Waals surface area contributed by atoms with Gasteiger partial charge in [-0.15, -0.1) is 0 Å². The molecule has 0 spiro atoms. The maximum Gasteiger partial charge on any atom is 0.308 e. The third kappa shape index (κ3) is 3.03. The molecule has 0 N–H and O–H groups in total. The molecule has 0 bridgehead atoms. The number of hydrogen-bond acceptors (Lipinski definition) is 4. The molecule has 0 amide bonds. The number of rotatable bonds is 2. The number of hydrogen-bond donors (Lipinski definition) is 0. The molecular weight excluding hydrogens is 351 g/mol. The second kappa shape index (κ2) is 6.30. The molecule has 2 aromatic rings. The van der Waals surface area contributed by atoms with Crippen LogP contribution >= 0.6 is 23.2 Å². The van der Waals surface area contributed by atoms with Gasteiger partial charge in [-0.3, -0.25) is 9.59 Å². The van der Waals surface area contributed by atoms with Crippen molar-refractivity contribution in [1.82, 2.24) is 0 Å². The third-order valence-corrected chi connectivity index (χ3v) is 4.10. The molecule has 3 rings (SSSR count). The number of halogens is 2. The number of ether oxygens (including phenoxy) is 2. The van der Waals surface area contributed by atoms with E-state index in [1.54, 1.807) is 43.3 Å². The lowest BCUT2D eigenvalue weighted by atomic mass is 10.1. The number of allylic oxidation sites excluding steroid dienone is 1. The number of carbonyl (C=O) groups excluding carboxylic acids is 2. The lowest BCUT2D eigenvalue weighted by Crippen LogP contribution is -2.03. The van der Waals surface area contributed by atoms with Crippen molar-refractivity contribution in [3.8, 4) is 11.5 Å². The van der Waals surface area contributed by atoms with Gasteiger partial charge in [-0.25, -0.2) is 0 Å². The Morgan fingerprint density at radius 3 is 2.62 bits per heavy atom. The quantitative estimate of drug-likeness (QED) is 0.435. The van der Waals surface area contributed by atoms with Crippen LogP contribution in [-0.2, 0) is 4.79 Å². The summed E-state index contributed by atoms with van der Waals surface area (Å²) in [6.07, 6.45) is 1.56. The van der Waals surface area contributed by atoms with E-state index >= 15 is 0 Å². The van der Waals surface area contributed by atoms with Crippen LogP contribution in [0.4, 0.5) is 0 Å². The van der Waals surface area contributed by atoms with E-state index in [9.17, 15) is 9.59 Å². The molecule has 6 heteroatoms. The van der Waals surface area contributed by atoms with Gasteiger partial charge in [0.05, 0.1) is 5.56 Å². The molecule has 0 saturated heterocycles. The number of benzene rings is 2. The van der Waals surface area contributed by atoms with Crippen molar-refractivity contribution in [3.05, 3.63) is 62.8 Å². The highest BCUT2D eigenvalue weighted by Crippen LogP contribution is 2.39. The standard InChI is InChI=1S/C18H12Cl2O4/c1-9-15(23-10(2)21)6-5-13-17(22)16(24-18(9)13)7-11-3-4-12(19)8-14(11)20/h3-8H,1-2H3/b16-7-. The Morgan fingerprint density at radius 2 is 1.96 bits per heavy atom. The molecule has 0 aliphatic carbocycles. The Morgan fingerprint density at radius 1 is 1.21 bits per heavy atom. The summed E-state index contributed by atoms with van der Waals surface area (Å²) in [7, 11) is 0. The van der Waals surface area contributed by atoms with Gasteiger partial charge in [-0.2, -0.15) is 0 Å². The minimum Gasteiger partial charge on any atom is -0.452 e. The predicted molar refractivity (Wildman–Crippen MR) is 91.9 cm³/mol. The largest absolute Gasteiger partial charge is 0.452 e. The SMILES string of the molecule is CC(=O)Oc1ccc2c(c1C)O/C(=C\c1ccc(Cl)cc1Cl)C2=O. The van der Waals surface area contributed by atoms with E-state index in [-0.39, 0.29) is 11.5 Å². The maximum atomic E-state index is 12.5. The normalized spacial score (nSPS) is 14.5. The molecule has 0 saturated carbocycles. The van der Waals surface area contributed by atoms with Gasteiger partial charge in [0, 0.05) is 22.5 Å².